The Bertz CT molecular complexity index is 641. The van der Waals surface area contributed by atoms with Crippen molar-refractivity contribution in [3.63, 3.8) is 0 Å². The highest BCUT2D eigenvalue weighted by Crippen LogP contribution is 2.70. The van der Waals surface area contributed by atoms with Crippen LogP contribution in [0.1, 0.15) is 86.0 Å². The van der Waals surface area contributed by atoms with Crippen molar-refractivity contribution < 1.29 is 14.3 Å². The van der Waals surface area contributed by atoms with E-state index in [1.165, 1.54) is 25.7 Å². The minimum absolute atomic E-state index is 0.146. The number of ether oxygens (including phenoxy) is 2. The molecule has 0 aromatic rings. The van der Waals surface area contributed by atoms with Gasteiger partial charge in [0.25, 0.3) is 0 Å². The lowest BCUT2D eigenvalue weighted by molar-refractivity contribution is -0.215. The Hall–Kier alpha value is -0.410. The molecule has 4 aliphatic carbocycles. The molecule has 4 saturated carbocycles. The lowest BCUT2D eigenvalue weighted by Gasteiger charge is -2.61. The summed E-state index contributed by atoms with van der Waals surface area (Å²) in [7, 11) is 0. The van der Waals surface area contributed by atoms with Gasteiger partial charge in [-0.15, -0.1) is 0 Å². The van der Waals surface area contributed by atoms with E-state index < -0.39 is 5.79 Å². The van der Waals surface area contributed by atoms with Gasteiger partial charge in [-0.25, -0.2) is 0 Å². The molecule has 5 aliphatic rings. The van der Waals surface area contributed by atoms with Gasteiger partial charge >= 0.3 is 0 Å². The van der Waals surface area contributed by atoms with Gasteiger partial charge in [0.15, 0.2) is 5.79 Å². The number of rotatable bonds is 0. The van der Waals surface area contributed by atoms with Crippen LogP contribution in [-0.4, -0.2) is 23.3 Å². The van der Waals surface area contributed by atoms with Crippen molar-refractivity contribution in [3.8, 4) is 0 Å². The van der Waals surface area contributed by atoms with Crippen LogP contribution in [0.4, 0.5) is 0 Å². The molecule has 0 aromatic heterocycles. The molecule has 0 radical (unpaired) electrons. The van der Waals surface area contributed by atoms with Gasteiger partial charge in [-0.3, -0.25) is 4.79 Å². The first-order chi connectivity index (χ1) is 12.1. The quantitative estimate of drug-likeness (QED) is 0.601. The van der Waals surface area contributed by atoms with Gasteiger partial charge in [-0.2, -0.15) is 0 Å². The smallest absolute Gasteiger partial charge is 0.164 e. The summed E-state index contributed by atoms with van der Waals surface area (Å²) in [4.78, 5) is 12.1. The molecule has 3 nitrogen and oxygen atoms in total. The molecule has 3 heteroatoms. The summed E-state index contributed by atoms with van der Waals surface area (Å²) in [6, 6.07) is 0. The number of carbonyl (C=O) groups excluding carboxylic acids is 1. The topological polar surface area (TPSA) is 35.5 Å². The van der Waals surface area contributed by atoms with E-state index in [1.54, 1.807) is 0 Å². The summed E-state index contributed by atoms with van der Waals surface area (Å²) in [5.74, 6) is 3.00. The molecule has 1 heterocycles. The average molecular weight is 361 g/mol. The zero-order valence-corrected chi connectivity index (χ0v) is 17.3. The fraction of sp³-hybridized carbons (Fsp3) is 0.957. The lowest BCUT2D eigenvalue weighted by Crippen LogP contribution is -2.57. The Morgan fingerprint density at radius 1 is 0.962 bits per heavy atom. The van der Waals surface area contributed by atoms with Gasteiger partial charge in [0.1, 0.15) is 11.4 Å². The van der Waals surface area contributed by atoms with Crippen molar-refractivity contribution >= 4 is 5.78 Å². The zero-order chi connectivity index (χ0) is 18.5. The molecule has 1 aliphatic heterocycles. The van der Waals surface area contributed by atoms with Crippen LogP contribution < -0.4 is 0 Å². The fourth-order valence-electron chi connectivity index (χ4n) is 8.46. The van der Waals surface area contributed by atoms with E-state index in [-0.39, 0.29) is 17.1 Å². The first kappa shape index (κ1) is 17.7. The lowest BCUT2D eigenvalue weighted by atomic mass is 9.44. The van der Waals surface area contributed by atoms with Gasteiger partial charge in [-0.1, -0.05) is 13.8 Å². The van der Waals surface area contributed by atoms with E-state index in [0.717, 1.165) is 37.5 Å². The molecule has 0 unspecified atom stereocenters. The number of carbonyl (C=O) groups is 1. The molecular formula is C23H36O3. The normalized spacial score (nSPS) is 57.9. The molecule has 0 N–H and O–H groups in total. The predicted octanol–water partition coefficient (Wildman–Crippen LogP) is 5.12. The maximum atomic E-state index is 12.1. The summed E-state index contributed by atoms with van der Waals surface area (Å²) in [5, 5.41) is 0. The van der Waals surface area contributed by atoms with Crippen molar-refractivity contribution in [1.29, 1.82) is 0 Å². The highest BCUT2D eigenvalue weighted by atomic mass is 16.8. The molecular weight excluding hydrogens is 324 g/mol. The number of fused-ring (bicyclic) bond motifs is 7. The van der Waals surface area contributed by atoms with Crippen molar-refractivity contribution in [2.75, 3.05) is 0 Å². The van der Waals surface area contributed by atoms with Gasteiger partial charge < -0.3 is 9.47 Å². The summed E-state index contributed by atoms with van der Waals surface area (Å²) < 4.78 is 13.0. The first-order valence-corrected chi connectivity index (χ1v) is 11.0. The van der Waals surface area contributed by atoms with Gasteiger partial charge in [0, 0.05) is 18.3 Å². The third-order valence-corrected chi connectivity index (χ3v) is 9.97. The number of hydrogen-bond acceptors (Lipinski definition) is 3. The summed E-state index contributed by atoms with van der Waals surface area (Å²) in [5.41, 5.74) is 0.463. The third-order valence-electron chi connectivity index (χ3n) is 9.97. The molecule has 8 atom stereocenters. The standard InChI is InChI=1S/C23H36O3/c1-20(2)25-19-13-18-16-7-6-14-12-15(24)8-10-21(14,3)17(16)9-11-22(18,4)23(19,5)26-20/h14,16-19H,6-13H2,1-5H3/t14-,16+,17-,18-,19-,21-,22-,23-/m0/s1. The maximum absolute atomic E-state index is 12.1. The number of Topliss-reactive ketones (excluding diaryl/α,β-unsaturated/α-hetero) is 1. The van der Waals surface area contributed by atoms with Crippen molar-refractivity contribution in [1.82, 2.24) is 0 Å². The SMILES string of the molecule is CC1(C)O[C@H]2C[C@H]3[C@@H]4CC[C@H]5CC(=O)CC[C@]5(C)[C@H]4CC[C@]3(C)[C@@]2(C)O1. The van der Waals surface area contributed by atoms with Crippen LogP contribution in [0.5, 0.6) is 0 Å². The van der Waals surface area contributed by atoms with Gasteiger partial charge in [0.05, 0.1) is 6.10 Å². The van der Waals surface area contributed by atoms with Crippen LogP contribution in [-0.2, 0) is 14.3 Å². The zero-order valence-electron chi connectivity index (χ0n) is 17.3. The van der Waals surface area contributed by atoms with Crippen molar-refractivity contribution in [2.24, 2.45) is 34.5 Å². The van der Waals surface area contributed by atoms with E-state index >= 15 is 0 Å². The average Bonchev–Trinajstić information content (AvgIpc) is 2.91. The van der Waals surface area contributed by atoms with Crippen molar-refractivity contribution in [2.45, 2.75) is 103 Å². The Labute approximate surface area is 158 Å². The second-order valence-electron chi connectivity index (χ2n) is 11.3. The maximum Gasteiger partial charge on any atom is 0.164 e. The van der Waals surface area contributed by atoms with E-state index in [4.69, 9.17) is 9.47 Å². The highest BCUT2D eigenvalue weighted by molar-refractivity contribution is 5.79. The molecule has 26 heavy (non-hydrogen) atoms. The first-order valence-electron chi connectivity index (χ1n) is 11.0. The highest BCUT2D eigenvalue weighted by Gasteiger charge is 2.71. The van der Waals surface area contributed by atoms with Gasteiger partial charge in [-0.05, 0) is 88.4 Å². The van der Waals surface area contributed by atoms with Gasteiger partial charge in [0.2, 0.25) is 0 Å². The molecule has 5 rings (SSSR count). The predicted molar refractivity (Wildman–Crippen MR) is 101 cm³/mol. The largest absolute Gasteiger partial charge is 0.344 e. The van der Waals surface area contributed by atoms with Crippen LogP contribution in [0, 0.1) is 34.5 Å². The second-order valence-corrected chi connectivity index (χ2v) is 11.3. The number of hydrogen-bond donors (Lipinski definition) is 0. The van der Waals surface area contributed by atoms with Crippen LogP contribution in [0.2, 0.25) is 0 Å². The fourth-order valence-corrected chi connectivity index (χ4v) is 8.46. The van der Waals surface area contributed by atoms with E-state index in [9.17, 15) is 4.79 Å². The molecule has 0 bridgehead atoms. The van der Waals surface area contributed by atoms with Crippen LogP contribution in [0.25, 0.3) is 0 Å². The summed E-state index contributed by atoms with van der Waals surface area (Å²) in [6.45, 7) is 11.5. The van der Waals surface area contributed by atoms with E-state index in [2.05, 4.69) is 34.6 Å². The molecule has 1 saturated heterocycles. The summed E-state index contributed by atoms with van der Waals surface area (Å²) >= 11 is 0. The van der Waals surface area contributed by atoms with Crippen molar-refractivity contribution in [3.05, 3.63) is 0 Å². The second kappa shape index (κ2) is 5.14. The molecule has 5 fully saturated rings. The Morgan fingerprint density at radius 2 is 1.73 bits per heavy atom. The Balaban J connectivity index is 1.47. The van der Waals surface area contributed by atoms with Crippen LogP contribution >= 0.6 is 0 Å². The Kier molecular flexibility index (Phi) is 3.49. The van der Waals surface area contributed by atoms with E-state index in [1.807, 2.05) is 0 Å². The number of ketones is 1. The molecule has 146 valence electrons. The minimum Gasteiger partial charge on any atom is -0.344 e. The third kappa shape index (κ3) is 2.05. The Morgan fingerprint density at radius 3 is 2.50 bits per heavy atom. The molecule has 0 amide bonds. The summed E-state index contributed by atoms with van der Waals surface area (Å²) in [6.07, 6.45) is 9.33. The van der Waals surface area contributed by atoms with Crippen LogP contribution in [0.15, 0.2) is 0 Å². The minimum atomic E-state index is -0.447. The monoisotopic (exact) mass is 360 g/mol. The van der Waals surface area contributed by atoms with E-state index in [0.29, 0.717) is 23.0 Å². The van der Waals surface area contributed by atoms with Crippen LogP contribution in [0.3, 0.4) is 0 Å². The molecule has 0 aromatic carbocycles. The molecule has 0 spiro atoms.